The van der Waals surface area contributed by atoms with Crippen molar-refractivity contribution in [1.82, 2.24) is 5.32 Å². The highest BCUT2D eigenvalue weighted by atomic mass is 127. The van der Waals surface area contributed by atoms with Crippen LogP contribution < -0.4 is 5.32 Å². The van der Waals surface area contributed by atoms with Gasteiger partial charge in [-0.25, -0.2) is 4.79 Å². The number of amides is 1. The van der Waals surface area contributed by atoms with Crippen LogP contribution in [0.4, 0.5) is 4.79 Å². The summed E-state index contributed by atoms with van der Waals surface area (Å²) in [5.74, 6) is 0. The molecule has 0 saturated carbocycles. The highest BCUT2D eigenvalue weighted by molar-refractivity contribution is 14.1. The van der Waals surface area contributed by atoms with Crippen molar-refractivity contribution in [3.05, 3.63) is 0 Å². The number of halogens is 1. The fraction of sp³-hybridized carbons (Fsp3) is 0.941. The molecule has 26 heavy (non-hydrogen) atoms. The Morgan fingerprint density at radius 2 is 1.12 bits per heavy atom. The lowest BCUT2D eigenvalue weighted by Crippen LogP contribution is -2.34. The van der Waals surface area contributed by atoms with E-state index in [0.717, 1.165) is 11.0 Å². The molecule has 0 bridgehead atoms. The maximum absolute atomic E-state index is 11.4. The lowest BCUT2D eigenvalue weighted by Gasteiger charge is -2.19. The van der Waals surface area contributed by atoms with Gasteiger partial charge in [0.25, 0.3) is 0 Å². The van der Waals surface area contributed by atoms with Crippen molar-refractivity contribution in [2.24, 2.45) is 0 Å². The molecule has 0 aromatic rings. The molecule has 0 atom stereocenters. The van der Waals surface area contributed by atoms with Gasteiger partial charge in [0.2, 0.25) is 0 Å². The lowest BCUT2D eigenvalue weighted by molar-refractivity contribution is -0.00990. The van der Waals surface area contributed by atoms with Crippen LogP contribution in [0.25, 0.3) is 0 Å². The minimum absolute atomic E-state index is 0.404. The third kappa shape index (κ3) is 21.8. The maximum atomic E-state index is 11.4. The molecule has 0 rings (SSSR count). The number of rotatable bonds is 17. The molecule has 0 radical (unpaired) electrons. The molecule has 0 unspecified atom stereocenters. The monoisotopic (exact) mass is 491 g/mol. The van der Waals surface area contributed by atoms with E-state index >= 15 is 0 Å². The second kappa shape index (κ2) is 18.2. The van der Waals surface area contributed by atoms with Crippen LogP contribution in [0, 0.1) is 0 Å². The van der Waals surface area contributed by atoms with Crippen molar-refractivity contribution in [3.63, 3.8) is 0 Å². The van der Waals surface area contributed by atoms with Crippen molar-refractivity contribution in [2.45, 2.75) is 26.4 Å². The molecule has 0 heterocycles. The number of hydrogen-bond donors (Lipinski definition) is 1. The van der Waals surface area contributed by atoms with E-state index in [0.29, 0.717) is 66.0 Å². The van der Waals surface area contributed by atoms with E-state index in [1.165, 1.54) is 0 Å². The third-order valence-electron chi connectivity index (χ3n) is 2.62. The first-order valence-electron chi connectivity index (χ1n) is 8.87. The first-order chi connectivity index (χ1) is 12.5. The van der Waals surface area contributed by atoms with E-state index < -0.39 is 11.7 Å². The SMILES string of the molecule is CC(C)(C)OC(=O)NCCOCCOCCOCCOCCOCCI. The van der Waals surface area contributed by atoms with E-state index in [9.17, 15) is 4.79 Å². The fourth-order valence-corrected chi connectivity index (χ4v) is 1.89. The number of nitrogens with one attached hydrogen (secondary N) is 1. The third-order valence-corrected chi connectivity index (χ3v) is 3.06. The zero-order valence-corrected chi connectivity index (χ0v) is 18.4. The average molecular weight is 491 g/mol. The van der Waals surface area contributed by atoms with E-state index in [1.54, 1.807) is 0 Å². The van der Waals surface area contributed by atoms with Crippen LogP contribution in [0.2, 0.25) is 0 Å². The van der Waals surface area contributed by atoms with Crippen LogP contribution in [-0.4, -0.2) is 88.7 Å². The summed E-state index contributed by atoms with van der Waals surface area (Å²) in [5, 5.41) is 2.62. The van der Waals surface area contributed by atoms with E-state index in [2.05, 4.69) is 27.9 Å². The first kappa shape index (κ1) is 25.8. The molecule has 9 heteroatoms. The minimum atomic E-state index is -0.490. The average Bonchev–Trinajstić information content (AvgIpc) is 2.56. The molecule has 156 valence electrons. The maximum Gasteiger partial charge on any atom is 0.407 e. The number of hydrogen-bond acceptors (Lipinski definition) is 7. The summed E-state index contributed by atoms with van der Waals surface area (Å²) in [6.07, 6.45) is -0.438. The van der Waals surface area contributed by atoms with Gasteiger partial charge in [0, 0.05) is 11.0 Å². The van der Waals surface area contributed by atoms with Crippen molar-refractivity contribution >= 4 is 28.7 Å². The van der Waals surface area contributed by atoms with Gasteiger partial charge >= 0.3 is 6.09 Å². The minimum Gasteiger partial charge on any atom is -0.444 e. The Bertz CT molecular complexity index is 327. The molecule has 0 saturated heterocycles. The zero-order chi connectivity index (χ0) is 19.5. The molecule has 0 aliphatic carbocycles. The quantitative estimate of drug-likeness (QED) is 0.189. The number of ether oxygens (including phenoxy) is 6. The van der Waals surface area contributed by atoms with Gasteiger partial charge in [-0.3, -0.25) is 0 Å². The van der Waals surface area contributed by atoms with Gasteiger partial charge in [-0.2, -0.15) is 0 Å². The fourth-order valence-electron chi connectivity index (χ4n) is 1.58. The number of alkyl carbamates (subject to hydrolysis) is 1. The topological polar surface area (TPSA) is 84.5 Å². The molecule has 0 fully saturated rings. The summed E-state index contributed by atoms with van der Waals surface area (Å²) in [7, 11) is 0. The number of alkyl halides is 1. The Morgan fingerprint density at radius 1 is 0.731 bits per heavy atom. The van der Waals surface area contributed by atoms with Gasteiger partial charge in [-0.05, 0) is 20.8 Å². The summed E-state index contributed by atoms with van der Waals surface area (Å²) in [6, 6.07) is 0. The second-order valence-electron chi connectivity index (χ2n) is 6.18. The molecule has 1 N–H and O–H groups in total. The molecule has 0 aromatic carbocycles. The largest absolute Gasteiger partial charge is 0.444 e. The van der Waals surface area contributed by atoms with Gasteiger partial charge in [-0.15, -0.1) is 0 Å². The van der Waals surface area contributed by atoms with E-state index in [4.69, 9.17) is 28.4 Å². The lowest BCUT2D eigenvalue weighted by atomic mass is 10.2. The summed E-state index contributed by atoms with van der Waals surface area (Å²) < 4.78 is 32.8. The molecule has 1 amide bonds. The number of carbonyl (C=O) groups is 1. The highest BCUT2D eigenvalue weighted by Crippen LogP contribution is 2.05. The Kier molecular flexibility index (Phi) is 18.0. The van der Waals surface area contributed by atoms with E-state index in [-0.39, 0.29) is 0 Å². The second-order valence-corrected chi connectivity index (χ2v) is 7.26. The summed E-state index contributed by atoms with van der Waals surface area (Å²) in [6.45, 7) is 11.4. The standard InChI is InChI=1S/C17H34INO7/c1-17(2,3)26-16(20)19-5-7-22-9-11-24-13-15-25-14-12-23-10-8-21-6-4-18/h4-15H2,1-3H3,(H,19,20). The predicted octanol–water partition coefficient (Wildman–Crippen LogP) is 2.03. The molecule has 0 aliphatic rings. The predicted molar refractivity (Wildman–Crippen MR) is 107 cm³/mol. The molecular formula is C17H34INO7. The Hall–Kier alpha value is -0.200. The van der Waals surface area contributed by atoms with Crippen molar-refractivity contribution in [1.29, 1.82) is 0 Å². The summed E-state index contributed by atoms with van der Waals surface area (Å²) >= 11 is 2.27. The smallest absolute Gasteiger partial charge is 0.407 e. The zero-order valence-electron chi connectivity index (χ0n) is 16.2. The van der Waals surface area contributed by atoms with Crippen LogP contribution in [0.1, 0.15) is 20.8 Å². The number of carbonyl (C=O) groups excluding carboxylic acids is 1. The summed E-state index contributed by atoms with van der Waals surface area (Å²) in [5.41, 5.74) is -0.490. The van der Waals surface area contributed by atoms with Crippen LogP contribution >= 0.6 is 22.6 Å². The van der Waals surface area contributed by atoms with Crippen molar-refractivity contribution in [2.75, 3.05) is 77.0 Å². The van der Waals surface area contributed by atoms with Crippen LogP contribution in [-0.2, 0) is 28.4 Å². The van der Waals surface area contributed by atoms with E-state index in [1.807, 2.05) is 20.8 Å². The van der Waals surface area contributed by atoms with Crippen LogP contribution in [0.15, 0.2) is 0 Å². The van der Waals surface area contributed by atoms with Gasteiger partial charge in [0.15, 0.2) is 0 Å². The van der Waals surface area contributed by atoms with Crippen LogP contribution in [0.3, 0.4) is 0 Å². The molecule has 0 aromatic heterocycles. The van der Waals surface area contributed by atoms with Crippen molar-refractivity contribution in [3.8, 4) is 0 Å². The van der Waals surface area contributed by atoms with Crippen LogP contribution in [0.5, 0.6) is 0 Å². The molecule has 8 nitrogen and oxygen atoms in total. The summed E-state index contributed by atoms with van der Waals surface area (Å²) in [4.78, 5) is 11.4. The van der Waals surface area contributed by atoms with Gasteiger partial charge in [-0.1, -0.05) is 22.6 Å². The Morgan fingerprint density at radius 3 is 1.50 bits per heavy atom. The van der Waals surface area contributed by atoms with Crippen molar-refractivity contribution < 1.29 is 33.2 Å². The normalized spacial score (nSPS) is 11.5. The molecule has 0 aliphatic heterocycles. The van der Waals surface area contributed by atoms with Gasteiger partial charge in [0.05, 0.1) is 66.1 Å². The van der Waals surface area contributed by atoms with Gasteiger partial charge in [0.1, 0.15) is 5.60 Å². The molecular weight excluding hydrogens is 457 g/mol. The molecule has 0 spiro atoms. The first-order valence-corrected chi connectivity index (χ1v) is 10.4. The Labute approximate surface area is 170 Å². The highest BCUT2D eigenvalue weighted by Gasteiger charge is 2.15. The Balaban J connectivity index is 3.12. The van der Waals surface area contributed by atoms with Gasteiger partial charge < -0.3 is 33.7 Å².